The zero-order valence-corrected chi connectivity index (χ0v) is 12.3. The van der Waals surface area contributed by atoms with Crippen molar-refractivity contribution >= 4 is 22.9 Å². The number of anilines is 1. The van der Waals surface area contributed by atoms with Gasteiger partial charge in [-0.25, -0.2) is 4.79 Å². The summed E-state index contributed by atoms with van der Waals surface area (Å²) in [6, 6.07) is 0. The first-order chi connectivity index (χ1) is 9.86. The maximum atomic E-state index is 12.1. The first-order valence-electron chi connectivity index (χ1n) is 6.60. The number of aromatic nitrogens is 4. The molecule has 114 valence electrons. The molecule has 21 heavy (non-hydrogen) atoms. The number of amidine groups is 1. The maximum Gasteiger partial charge on any atom is 0.332 e. The summed E-state index contributed by atoms with van der Waals surface area (Å²) < 4.78 is 2.37. The summed E-state index contributed by atoms with van der Waals surface area (Å²) in [6.45, 7) is 3.09. The smallest absolute Gasteiger partial charge is 0.332 e. The summed E-state index contributed by atoms with van der Waals surface area (Å²) in [4.78, 5) is 33.1. The molecule has 0 spiro atoms. The molecule has 0 bridgehead atoms. The lowest BCUT2D eigenvalue weighted by atomic mass is 10.3. The van der Waals surface area contributed by atoms with E-state index < -0.39 is 11.2 Å². The zero-order valence-electron chi connectivity index (χ0n) is 12.3. The molecular formula is C12H19N7O2. The van der Waals surface area contributed by atoms with Gasteiger partial charge in [-0.05, 0) is 6.92 Å². The number of aromatic amines is 1. The van der Waals surface area contributed by atoms with Gasteiger partial charge in [0.05, 0.1) is 5.84 Å². The highest BCUT2D eigenvalue weighted by Gasteiger charge is 2.16. The summed E-state index contributed by atoms with van der Waals surface area (Å²) in [5.74, 6) is 0.583. The van der Waals surface area contributed by atoms with Crippen LogP contribution in [0.2, 0.25) is 0 Å². The van der Waals surface area contributed by atoms with E-state index in [1.807, 2.05) is 11.8 Å². The topological polar surface area (TPSA) is 126 Å². The molecule has 0 aliphatic heterocycles. The number of nitrogens with zero attached hydrogens (tertiary/aromatic N) is 4. The van der Waals surface area contributed by atoms with Gasteiger partial charge in [0.1, 0.15) is 0 Å². The normalized spacial score (nSPS) is 11.0. The summed E-state index contributed by atoms with van der Waals surface area (Å²) >= 11 is 0. The van der Waals surface area contributed by atoms with E-state index in [1.165, 1.54) is 11.6 Å². The van der Waals surface area contributed by atoms with Crippen molar-refractivity contribution in [3.8, 4) is 0 Å². The van der Waals surface area contributed by atoms with Crippen LogP contribution < -0.4 is 21.9 Å². The Kier molecular flexibility index (Phi) is 3.83. The van der Waals surface area contributed by atoms with E-state index in [2.05, 4.69) is 9.97 Å². The Bertz CT molecular complexity index is 798. The molecule has 2 heterocycles. The van der Waals surface area contributed by atoms with Gasteiger partial charge in [-0.15, -0.1) is 0 Å². The fourth-order valence-electron chi connectivity index (χ4n) is 2.13. The monoisotopic (exact) mass is 293 g/mol. The zero-order chi connectivity index (χ0) is 15.7. The Labute approximate surface area is 120 Å². The minimum absolute atomic E-state index is 0.0906. The van der Waals surface area contributed by atoms with Gasteiger partial charge in [-0.2, -0.15) is 4.98 Å². The molecule has 0 atom stereocenters. The summed E-state index contributed by atoms with van der Waals surface area (Å²) in [7, 11) is 3.00. The predicted octanol–water partition coefficient (Wildman–Crippen LogP) is -0.887. The molecule has 0 radical (unpaired) electrons. The number of fused-ring (bicyclic) bond motifs is 1. The number of hydrogen-bond donors (Lipinski definition) is 3. The van der Waals surface area contributed by atoms with E-state index in [-0.39, 0.29) is 11.4 Å². The van der Waals surface area contributed by atoms with Gasteiger partial charge in [-0.3, -0.25) is 19.3 Å². The molecule has 4 N–H and O–H groups in total. The number of imidazole rings is 1. The number of nitrogens with two attached hydrogens (primary N) is 1. The molecule has 0 saturated carbocycles. The van der Waals surface area contributed by atoms with Crippen molar-refractivity contribution in [1.29, 1.82) is 5.41 Å². The molecule has 9 heteroatoms. The fraction of sp³-hybridized carbons (Fsp3) is 0.500. The summed E-state index contributed by atoms with van der Waals surface area (Å²) in [5.41, 5.74) is 5.14. The number of aryl methyl sites for hydroxylation is 1. The quantitative estimate of drug-likeness (QED) is 0.487. The van der Waals surface area contributed by atoms with Crippen molar-refractivity contribution < 1.29 is 0 Å². The average Bonchev–Trinajstić information content (AvgIpc) is 2.88. The number of rotatable bonds is 5. The molecule has 2 aromatic rings. The lowest BCUT2D eigenvalue weighted by molar-refractivity contribution is 0.708. The minimum atomic E-state index is -0.419. The third-order valence-corrected chi connectivity index (χ3v) is 3.41. The van der Waals surface area contributed by atoms with Gasteiger partial charge in [-0.1, -0.05) is 0 Å². The molecule has 0 aliphatic carbocycles. The van der Waals surface area contributed by atoms with Gasteiger partial charge < -0.3 is 15.6 Å². The molecule has 2 rings (SSSR count). The van der Waals surface area contributed by atoms with Crippen LogP contribution >= 0.6 is 0 Å². The van der Waals surface area contributed by atoms with Crippen LogP contribution in [0.1, 0.15) is 13.3 Å². The molecule has 9 nitrogen and oxygen atoms in total. The highest BCUT2D eigenvalue weighted by atomic mass is 16.2. The lowest BCUT2D eigenvalue weighted by Gasteiger charge is -2.18. The van der Waals surface area contributed by atoms with Gasteiger partial charge >= 0.3 is 5.69 Å². The molecule has 0 unspecified atom stereocenters. The number of hydrogen-bond acceptors (Lipinski definition) is 5. The standard InChI is InChI=1S/C12H19N7O2/c1-4-19(6-5-7(13)14)11-15-8-9(16-11)17(2)12(21)18(3)10(8)20/h4-6H2,1-3H3,(H3,13,14)(H,15,16). The molecule has 0 aliphatic rings. The summed E-state index contributed by atoms with van der Waals surface area (Å²) in [5, 5.41) is 7.28. The van der Waals surface area contributed by atoms with E-state index in [9.17, 15) is 9.59 Å². The van der Waals surface area contributed by atoms with Crippen molar-refractivity contribution in [2.45, 2.75) is 13.3 Å². The van der Waals surface area contributed by atoms with E-state index >= 15 is 0 Å². The highest BCUT2D eigenvalue weighted by molar-refractivity contribution is 5.77. The van der Waals surface area contributed by atoms with Crippen molar-refractivity contribution in [1.82, 2.24) is 19.1 Å². The Hall–Kier alpha value is -2.58. The minimum Gasteiger partial charge on any atom is -0.388 e. The van der Waals surface area contributed by atoms with Crippen LogP contribution in [-0.2, 0) is 14.1 Å². The van der Waals surface area contributed by atoms with Gasteiger partial charge in [0.2, 0.25) is 5.95 Å². The van der Waals surface area contributed by atoms with E-state index in [0.29, 0.717) is 31.1 Å². The van der Waals surface area contributed by atoms with Crippen molar-refractivity contribution in [2.24, 2.45) is 19.8 Å². The largest absolute Gasteiger partial charge is 0.388 e. The van der Waals surface area contributed by atoms with Gasteiger partial charge in [0.15, 0.2) is 11.2 Å². The second-order valence-corrected chi connectivity index (χ2v) is 4.82. The Morgan fingerprint density at radius 2 is 2.05 bits per heavy atom. The van der Waals surface area contributed by atoms with Crippen molar-refractivity contribution in [2.75, 3.05) is 18.0 Å². The molecule has 0 fully saturated rings. The van der Waals surface area contributed by atoms with Crippen LogP contribution in [0.5, 0.6) is 0 Å². The first kappa shape index (κ1) is 14.8. The third kappa shape index (κ3) is 2.54. The van der Waals surface area contributed by atoms with E-state index in [1.54, 1.807) is 7.05 Å². The average molecular weight is 293 g/mol. The Balaban J connectivity index is 2.54. The SMILES string of the molecule is CCN(CCC(=N)N)c1nc2c([nH]1)c(=O)n(C)c(=O)n2C. The second-order valence-electron chi connectivity index (χ2n) is 4.82. The molecular weight excluding hydrogens is 274 g/mol. The second kappa shape index (κ2) is 5.43. The predicted molar refractivity (Wildman–Crippen MR) is 81.0 cm³/mol. The third-order valence-electron chi connectivity index (χ3n) is 3.41. The Morgan fingerprint density at radius 1 is 1.38 bits per heavy atom. The van der Waals surface area contributed by atoms with Crippen molar-refractivity contribution in [3.63, 3.8) is 0 Å². The van der Waals surface area contributed by atoms with Gasteiger partial charge in [0.25, 0.3) is 5.56 Å². The van der Waals surface area contributed by atoms with Crippen LogP contribution in [-0.4, -0.2) is 38.0 Å². The maximum absolute atomic E-state index is 12.1. The van der Waals surface area contributed by atoms with E-state index in [4.69, 9.17) is 11.1 Å². The van der Waals surface area contributed by atoms with Crippen LogP contribution in [0.25, 0.3) is 11.2 Å². The van der Waals surface area contributed by atoms with E-state index in [0.717, 1.165) is 4.57 Å². The van der Waals surface area contributed by atoms with Crippen LogP contribution in [0.3, 0.4) is 0 Å². The van der Waals surface area contributed by atoms with Crippen molar-refractivity contribution in [3.05, 3.63) is 20.8 Å². The summed E-state index contributed by atoms with van der Waals surface area (Å²) in [6.07, 6.45) is 0.405. The Morgan fingerprint density at radius 3 is 2.62 bits per heavy atom. The van der Waals surface area contributed by atoms with Crippen LogP contribution in [0.4, 0.5) is 5.95 Å². The number of nitrogens with one attached hydrogen (secondary N) is 2. The molecule has 2 aromatic heterocycles. The first-order valence-corrected chi connectivity index (χ1v) is 6.60. The number of H-pyrrole nitrogens is 1. The molecule has 0 saturated heterocycles. The van der Waals surface area contributed by atoms with Crippen LogP contribution in [0, 0.1) is 5.41 Å². The molecule has 0 aromatic carbocycles. The highest BCUT2D eigenvalue weighted by Crippen LogP contribution is 2.13. The van der Waals surface area contributed by atoms with Gasteiger partial charge in [0, 0.05) is 33.6 Å². The fourth-order valence-corrected chi connectivity index (χ4v) is 2.13. The lowest BCUT2D eigenvalue weighted by Crippen LogP contribution is -2.36. The van der Waals surface area contributed by atoms with Crippen LogP contribution in [0.15, 0.2) is 9.59 Å². The molecule has 0 amide bonds.